The molecule has 0 fully saturated rings. The lowest BCUT2D eigenvalue weighted by atomic mass is 10.1. The Kier molecular flexibility index (Phi) is 4.82. The largest absolute Gasteiger partial charge is 0.493 e. The van der Waals surface area contributed by atoms with E-state index in [-0.39, 0.29) is 5.91 Å². The molecule has 0 spiro atoms. The molecule has 0 heterocycles. The fraction of sp³-hybridized carbons (Fsp3) is 0.235. The predicted octanol–water partition coefficient (Wildman–Crippen LogP) is 3.65. The lowest BCUT2D eigenvalue weighted by Gasteiger charge is -2.11. The van der Waals surface area contributed by atoms with Gasteiger partial charge in [-0.15, -0.1) is 0 Å². The molecular weight excluding hydrogens is 266 g/mol. The monoisotopic (exact) mass is 285 g/mol. The number of aryl methyl sites for hydroxylation is 1. The molecule has 0 bridgehead atoms. The van der Waals surface area contributed by atoms with E-state index in [1.54, 1.807) is 25.3 Å². The van der Waals surface area contributed by atoms with Crippen LogP contribution in [-0.2, 0) is 0 Å². The van der Waals surface area contributed by atoms with Crippen LogP contribution >= 0.6 is 0 Å². The molecule has 1 amide bonds. The third-order valence-corrected chi connectivity index (χ3v) is 3.04. The molecule has 0 aromatic heterocycles. The van der Waals surface area contributed by atoms with Gasteiger partial charge in [0.15, 0.2) is 11.5 Å². The van der Waals surface area contributed by atoms with Crippen molar-refractivity contribution in [2.24, 2.45) is 0 Å². The molecule has 2 aromatic rings. The van der Waals surface area contributed by atoms with E-state index in [0.717, 1.165) is 11.3 Å². The van der Waals surface area contributed by atoms with Gasteiger partial charge in [0.05, 0.1) is 13.7 Å². The molecule has 21 heavy (non-hydrogen) atoms. The van der Waals surface area contributed by atoms with Crippen molar-refractivity contribution >= 4 is 11.6 Å². The zero-order valence-electron chi connectivity index (χ0n) is 12.5. The van der Waals surface area contributed by atoms with Gasteiger partial charge in [-0.2, -0.15) is 0 Å². The lowest BCUT2D eigenvalue weighted by Crippen LogP contribution is -2.12. The molecule has 0 atom stereocenters. The molecule has 4 heteroatoms. The molecule has 2 rings (SSSR count). The zero-order chi connectivity index (χ0) is 15.2. The third-order valence-electron chi connectivity index (χ3n) is 3.04. The summed E-state index contributed by atoms with van der Waals surface area (Å²) >= 11 is 0. The Hall–Kier alpha value is -2.49. The average Bonchev–Trinajstić information content (AvgIpc) is 2.50. The van der Waals surface area contributed by atoms with Crippen molar-refractivity contribution in [3.8, 4) is 11.5 Å². The molecule has 1 N–H and O–H groups in total. The summed E-state index contributed by atoms with van der Waals surface area (Å²) in [6.07, 6.45) is 0. The molecule has 0 aliphatic heterocycles. The van der Waals surface area contributed by atoms with E-state index in [0.29, 0.717) is 23.7 Å². The summed E-state index contributed by atoms with van der Waals surface area (Å²) in [4.78, 5) is 12.2. The summed E-state index contributed by atoms with van der Waals surface area (Å²) in [6.45, 7) is 4.40. The highest BCUT2D eigenvalue weighted by atomic mass is 16.5. The van der Waals surface area contributed by atoms with Gasteiger partial charge >= 0.3 is 0 Å². The summed E-state index contributed by atoms with van der Waals surface area (Å²) in [7, 11) is 1.57. The first-order valence-electron chi connectivity index (χ1n) is 6.83. The van der Waals surface area contributed by atoms with Crippen LogP contribution in [0, 0.1) is 6.92 Å². The Bertz CT molecular complexity index is 620. The van der Waals surface area contributed by atoms with Gasteiger partial charge in [0.2, 0.25) is 0 Å². The van der Waals surface area contributed by atoms with Gasteiger partial charge in [0.1, 0.15) is 0 Å². The van der Waals surface area contributed by atoms with Crippen molar-refractivity contribution in [1.29, 1.82) is 0 Å². The van der Waals surface area contributed by atoms with Gasteiger partial charge in [0.25, 0.3) is 5.91 Å². The fourth-order valence-electron chi connectivity index (χ4n) is 1.93. The highest BCUT2D eigenvalue weighted by Gasteiger charge is 2.11. The van der Waals surface area contributed by atoms with Crippen molar-refractivity contribution in [3.05, 3.63) is 53.6 Å². The van der Waals surface area contributed by atoms with E-state index in [1.165, 1.54) is 0 Å². The zero-order valence-corrected chi connectivity index (χ0v) is 12.5. The highest BCUT2D eigenvalue weighted by Crippen LogP contribution is 2.28. The number of nitrogens with one attached hydrogen (secondary N) is 1. The Morgan fingerprint density at radius 1 is 1.10 bits per heavy atom. The maximum atomic E-state index is 12.2. The second-order valence-corrected chi connectivity index (χ2v) is 4.62. The quantitative estimate of drug-likeness (QED) is 0.912. The van der Waals surface area contributed by atoms with Crippen molar-refractivity contribution in [2.45, 2.75) is 13.8 Å². The summed E-state index contributed by atoms with van der Waals surface area (Å²) < 4.78 is 10.7. The Balaban J connectivity index is 2.18. The first-order valence-corrected chi connectivity index (χ1v) is 6.83. The Labute approximate surface area is 124 Å². The molecule has 2 aromatic carbocycles. The van der Waals surface area contributed by atoms with E-state index in [9.17, 15) is 4.79 Å². The molecule has 0 saturated heterocycles. The highest BCUT2D eigenvalue weighted by molar-refractivity contribution is 6.04. The van der Waals surface area contributed by atoms with Crippen LogP contribution in [0.3, 0.4) is 0 Å². The minimum atomic E-state index is -0.178. The fourth-order valence-corrected chi connectivity index (χ4v) is 1.93. The van der Waals surface area contributed by atoms with Crippen LogP contribution in [0.5, 0.6) is 11.5 Å². The summed E-state index contributed by atoms with van der Waals surface area (Å²) in [6, 6.07) is 12.8. The minimum Gasteiger partial charge on any atom is -0.493 e. The molecule has 0 radical (unpaired) electrons. The summed E-state index contributed by atoms with van der Waals surface area (Å²) in [5.41, 5.74) is 2.44. The Morgan fingerprint density at radius 2 is 1.81 bits per heavy atom. The number of methoxy groups -OCH3 is 1. The number of rotatable bonds is 5. The van der Waals surface area contributed by atoms with Gasteiger partial charge in [-0.05, 0) is 44.2 Å². The van der Waals surface area contributed by atoms with Crippen LogP contribution < -0.4 is 14.8 Å². The first kappa shape index (κ1) is 14.9. The maximum absolute atomic E-state index is 12.2. The van der Waals surface area contributed by atoms with Gasteiger partial charge < -0.3 is 14.8 Å². The van der Waals surface area contributed by atoms with Crippen molar-refractivity contribution in [2.75, 3.05) is 19.0 Å². The summed E-state index contributed by atoms with van der Waals surface area (Å²) in [5, 5.41) is 2.86. The standard InChI is InChI=1S/C17H19NO3/c1-4-21-16-11-13(7-10-15(16)20-3)17(19)18-14-8-5-12(2)6-9-14/h5-11H,4H2,1-3H3,(H,18,19). The van der Waals surface area contributed by atoms with E-state index in [4.69, 9.17) is 9.47 Å². The van der Waals surface area contributed by atoms with Crippen molar-refractivity contribution in [1.82, 2.24) is 0 Å². The van der Waals surface area contributed by atoms with Crippen LogP contribution in [-0.4, -0.2) is 19.6 Å². The van der Waals surface area contributed by atoms with Crippen LogP contribution in [0.25, 0.3) is 0 Å². The lowest BCUT2D eigenvalue weighted by molar-refractivity contribution is 0.102. The molecule has 110 valence electrons. The van der Waals surface area contributed by atoms with Crippen molar-refractivity contribution < 1.29 is 14.3 Å². The minimum absolute atomic E-state index is 0.178. The van der Waals surface area contributed by atoms with Crippen LogP contribution in [0.4, 0.5) is 5.69 Å². The smallest absolute Gasteiger partial charge is 0.255 e. The number of anilines is 1. The number of hydrogen-bond acceptors (Lipinski definition) is 3. The predicted molar refractivity (Wildman–Crippen MR) is 83.3 cm³/mol. The van der Waals surface area contributed by atoms with Crippen LogP contribution in [0.1, 0.15) is 22.8 Å². The van der Waals surface area contributed by atoms with Gasteiger partial charge in [-0.25, -0.2) is 0 Å². The van der Waals surface area contributed by atoms with Gasteiger partial charge in [-0.1, -0.05) is 17.7 Å². The van der Waals surface area contributed by atoms with Gasteiger partial charge in [0, 0.05) is 11.3 Å². The molecule has 0 aliphatic rings. The molecule has 0 aliphatic carbocycles. The van der Waals surface area contributed by atoms with Gasteiger partial charge in [-0.3, -0.25) is 4.79 Å². The number of hydrogen-bond donors (Lipinski definition) is 1. The van der Waals surface area contributed by atoms with E-state index >= 15 is 0 Å². The Morgan fingerprint density at radius 3 is 2.43 bits per heavy atom. The summed E-state index contributed by atoms with van der Waals surface area (Å²) in [5.74, 6) is 1.00. The third kappa shape index (κ3) is 3.75. The topological polar surface area (TPSA) is 47.6 Å². The second kappa shape index (κ2) is 6.79. The van der Waals surface area contributed by atoms with E-state index in [1.807, 2.05) is 38.1 Å². The van der Waals surface area contributed by atoms with Crippen molar-refractivity contribution in [3.63, 3.8) is 0 Å². The van der Waals surface area contributed by atoms with Crippen LogP contribution in [0.15, 0.2) is 42.5 Å². The number of carbonyl (C=O) groups is 1. The normalized spacial score (nSPS) is 10.0. The second-order valence-electron chi connectivity index (χ2n) is 4.62. The van der Waals surface area contributed by atoms with E-state index < -0.39 is 0 Å². The maximum Gasteiger partial charge on any atom is 0.255 e. The molecule has 0 saturated carbocycles. The SMILES string of the molecule is CCOc1cc(C(=O)Nc2ccc(C)cc2)ccc1OC. The number of ether oxygens (including phenoxy) is 2. The molecule has 0 unspecified atom stereocenters. The molecule has 4 nitrogen and oxygen atoms in total. The van der Waals surface area contributed by atoms with Crippen LogP contribution in [0.2, 0.25) is 0 Å². The van der Waals surface area contributed by atoms with E-state index in [2.05, 4.69) is 5.32 Å². The average molecular weight is 285 g/mol. The number of amides is 1. The first-order chi connectivity index (χ1) is 10.1. The number of benzene rings is 2. The molecular formula is C17H19NO3. The number of carbonyl (C=O) groups excluding carboxylic acids is 1.